The van der Waals surface area contributed by atoms with Gasteiger partial charge in [-0.15, -0.1) is 11.3 Å². The average molecular weight is 586 g/mol. The highest BCUT2D eigenvalue weighted by atomic mass is 32.4. The van der Waals surface area contributed by atoms with E-state index in [1.807, 2.05) is 85.1 Å². The second-order valence-electron chi connectivity index (χ2n) is 9.16. The number of hydrogen-bond acceptors (Lipinski definition) is 4. The van der Waals surface area contributed by atoms with Gasteiger partial charge in [-0.05, 0) is 52.8 Å². The standard InChI is InChI=1S/C32H28NO2PS3/c1-25-19-21-29(22-20-25)39(34,35)33-30(32-18-11-23-38-32)24-31(26-12-5-2-6-13-26)36(37,27-14-7-3-8-15-27)28-16-9-4-10-17-28/h2-24,31,33H,1H3/b30-24-/t31-/m1/s1. The highest BCUT2D eigenvalue weighted by molar-refractivity contribution is 8.22. The lowest BCUT2D eigenvalue weighted by Gasteiger charge is -2.32. The maximum absolute atomic E-state index is 13.6. The molecule has 4 aromatic carbocycles. The van der Waals surface area contributed by atoms with Gasteiger partial charge in [-0.3, -0.25) is 4.72 Å². The molecule has 0 aliphatic rings. The molecule has 3 nitrogen and oxygen atoms in total. The average Bonchev–Trinajstić information content (AvgIpc) is 3.52. The van der Waals surface area contributed by atoms with E-state index in [1.165, 1.54) is 11.3 Å². The van der Waals surface area contributed by atoms with Gasteiger partial charge in [0.1, 0.15) is 0 Å². The van der Waals surface area contributed by atoms with Crippen molar-refractivity contribution in [2.24, 2.45) is 0 Å². The van der Waals surface area contributed by atoms with E-state index in [0.717, 1.165) is 26.6 Å². The van der Waals surface area contributed by atoms with Crippen molar-refractivity contribution in [3.05, 3.63) is 155 Å². The summed E-state index contributed by atoms with van der Waals surface area (Å²) in [4.78, 5) is 1.05. The van der Waals surface area contributed by atoms with Crippen LogP contribution in [0.5, 0.6) is 0 Å². The van der Waals surface area contributed by atoms with Gasteiger partial charge >= 0.3 is 0 Å². The molecule has 0 unspecified atom stereocenters. The molecule has 0 fully saturated rings. The molecule has 0 saturated carbocycles. The molecular weight excluding hydrogens is 558 g/mol. The van der Waals surface area contributed by atoms with Crippen molar-refractivity contribution in [2.45, 2.75) is 17.5 Å². The lowest BCUT2D eigenvalue weighted by atomic mass is 10.1. The molecule has 0 spiro atoms. The Kier molecular flexibility index (Phi) is 8.29. The van der Waals surface area contributed by atoms with Gasteiger partial charge in [0.05, 0.1) is 15.5 Å². The molecule has 39 heavy (non-hydrogen) atoms. The van der Waals surface area contributed by atoms with Gasteiger partial charge in [-0.2, -0.15) is 0 Å². The Morgan fingerprint density at radius 1 is 0.769 bits per heavy atom. The molecule has 1 N–H and O–H groups in total. The maximum Gasteiger partial charge on any atom is 0.261 e. The lowest BCUT2D eigenvalue weighted by molar-refractivity contribution is 0.591. The van der Waals surface area contributed by atoms with Gasteiger partial charge in [0, 0.05) is 11.7 Å². The highest BCUT2D eigenvalue weighted by Gasteiger charge is 2.33. The Hall–Kier alpha value is -3.28. The van der Waals surface area contributed by atoms with Crippen LogP contribution in [0.4, 0.5) is 0 Å². The number of benzene rings is 4. The van der Waals surface area contributed by atoms with Gasteiger partial charge in [0.25, 0.3) is 10.0 Å². The second-order valence-corrected chi connectivity index (χ2v) is 16.4. The third-order valence-electron chi connectivity index (χ3n) is 6.50. The van der Waals surface area contributed by atoms with E-state index < -0.39 is 16.1 Å². The summed E-state index contributed by atoms with van der Waals surface area (Å²) in [6.45, 7) is 1.94. The number of rotatable bonds is 9. The van der Waals surface area contributed by atoms with Crippen LogP contribution in [0.1, 0.15) is 21.7 Å². The first kappa shape index (κ1) is 27.3. The Bertz CT molecular complexity index is 1660. The summed E-state index contributed by atoms with van der Waals surface area (Å²) in [5, 5.41) is 4.09. The largest absolute Gasteiger partial charge is 0.278 e. The molecule has 0 aliphatic heterocycles. The topological polar surface area (TPSA) is 46.2 Å². The molecule has 0 radical (unpaired) electrons. The second kappa shape index (κ2) is 11.8. The summed E-state index contributed by atoms with van der Waals surface area (Å²) in [6.07, 6.45) is 2.04. The molecule has 5 rings (SSSR count). The molecule has 0 saturated heterocycles. The van der Waals surface area contributed by atoms with Crippen molar-refractivity contribution in [2.75, 3.05) is 0 Å². The van der Waals surface area contributed by atoms with Crippen molar-refractivity contribution in [3.8, 4) is 0 Å². The van der Waals surface area contributed by atoms with Crippen molar-refractivity contribution in [3.63, 3.8) is 0 Å². The smallest absolute Gasteiger partial charge is 0.261 e. The van der Waals surface area contributed by atoms with Gasteiger partial charge in [0.2, 0.25) is 0 Å². The highest BCUT2D eigenvalue weighted by Crippen LogP contribution is 2.59. The molecule has 196 valence electrons. The third kappa shape index (κ3) is 6.00. The van der Waals surface area contributed by atoms with Crippen molar-refractivity contribution < 1.29 is 8.42 Å². The molecule has 5 aromatic rings. The molecule has 1 atom stereocenters. The zero-order chi connectivity index (χ0) is 27.3. The maximum atomic E-state index is 13.6. The normalized spacial score (nSPS) is 13.1. The number of aryl methyl sites for hydroxylation is 1. The first-order valence-corrected chi connectivity index (χ1v) is 17.7. The van der Waals surface area contributed by atoms with E-state index in [1.54, 1.807) is 24.3 Å². The molecule has 7 heteroatoms. The first-order valence-electron chi connectivity index (χ1n) is 12.5. The minimum Gasteiger partial charge on any atom is -0.278 e. The monoisotopic (exact) mass is 585 g/mol. The number of hydrogen-bond donors (Lipinski definition) is 1. The zero-order valence-corrected chi connectivity index (χ0v) is 24.7. The van der Waals surface area contributed by atoms with Gasteiger partial charge in [0.15, 0.2) is 0 Å². The van der Waals surface area contributed by atoms with E-state index >= 15 is 0 Å². The predicted octanol–water partition coefficient (Wildman–Crippen LogP) is 7.25. The lowest BCUT2D eigenvalue weighted by Crippen LogP contribution is -2.24. The third-order valence-corrected chi connectivity index (χ3v) is 14.1. The Balaban J connectivity index is 1.74. The molecule has 1 aromatic heterocycles. The molecule has 1 heterocycles. The molecule has 0 amide bonds. The van der Waals surface area contributed by atoms with E-state index in [0.29, 0.717) is 5.70 Å². The van der Waals surface area contributed by atoms with Crippen LogP contribution in [0.2, 0.25) is 0 Å². The first-order chi connectivity index (χ1) is 18.9. The Morgan fingerprint density at radius 2 is 1.31 bits per heavy atom. The minimum absolute atomic E-state index is 0.220. The van der Waals surface area contributed by atoms with E-state index in [2.05, 4.69) is 41.1 Å². The van der Waals surface area contributed by atoms with Crippen molar-refractivity contribution in [1.29, 1.82) is 0 Å². The fourth-order valence-corrected chi connectivity index (χ4v) is 10.8. The summed E-state index contributed by atoms with van der Waals surface area (Å²) in [5.74, 6) is 0. The zero-order valence-electron chi connectivity index (χ0n) is 21.3. The Labute approximate surface area is 240 Å². The van der Waals surface area contributed by atoms with E-state index in [9.17, 15) is 8.42 Å². The fraction of sp³-hybridized carbons (Fsp3) is 0.0625. The van der Waals surface area contributed by atoms with Gasteiger partial charge < -0.3 is 0 Å². The predicted molar refractivity (Wildman–Crippen MR) is 169 cm³/mol. The van der Waals surface area contributed by atoms with Crippen LogP contribution < -0.4 is 15.3 Å². The molecular formula is C32H28NO2PS3. The van der Waals surface area contributed by atoms with Crippen molar-refractivity contribution >= 4 is 55.5 Å². The fourth-order valence-electron chi connectivity index (χ4n) is 4.51. The summed E-state index contributed by atoms with van der Waals surface area (Å²) >= 11 is 8.22. The van der Waals surface area contributed by atoms with Crippen LogP contribution in [0.15, 0.2) is 144 Å². The SMILES string of the molecule is Cc1ccc(S(=O)(=O)N/C(=C\[C@H](c2ccccc2)P(=S)(c2ccccc2)c2ccccc2)c2cccs2)cc1. The minimum atomic E-state index is -3.84. The molecule has 0 bridgehead atoms. The number of nitrogens with one attached hydrogen (secondary N) is 1. The van der Waals surface area contributed by atoms with E-state index in [4.69, 9.17) is 11.8 Å². The van der Waals surface area contributed by atoms with Gasteiger partial charge in [-0.25, -0.2) is 8.42 Å². The van der Waals surface area contributed by atoms with Gasteiger partial charge in [-0.1, -0.05) is 127 Å². The van der Waals surface area contributed by atoms with Crippen LogP contribution in [0.3, 0.4) is 0 Å². The van der Waals surface area contributed by atoms with Crippen LogP contribution in [-0.2, 0) is 21.8 Å². The number of thiophene rings is 1. The van der Waals surface area contributed by atoms with Crippen molar-refractivity contribution in [1.82, 2.24) is 4.72 Å². The quantitative estimate of drug-likeness (QED) is 0.185. The van der Waals surface area contributed by atoms with Crippen LogP contribution in [0.25, 0.3) is 5.70 Å². The van der Waals surface area contributed by atoms with Crippen LogP contribution in [-0.4, -0.2) is 8.42 Å². The Morgan fingerprint density at radius 3 is 1.82 bits per heavy atom. The van der Waals surface area contributed by atoms with Crippen LogP contribution in [0, 0.1) is 6.92 Å². The number of allylic oxidation sites excluding steroid dienone is 1. The van der Waals surface area contributed by atoms with Crippen LogP contribution >= 0.6 is 17.4 Å². The molecule has 0 aliphatic carbocycles. The number of sulfonamides is 1. The summed E-state index contributed by atoms with van der Waals surface area (Å²) in [6, 6.07) is 38.8. The summed E-state index contributed by atoms with van der Waals surface area (Å²) in [5.41, 5.74) is 2.30. The summed E-state index contributed by atoms with van der Waals surface area (Å²) < 4.78 is 30.1. The van der Waals surface area contributed by atoms with E-state index in [-0.39, 0.29) is 10.6 Å². The summed E-state index contributed by atoms with van der Waals surface area (Å²) in [7, 11) is -3.84.